The number of ether oxygens (including phenoxy) is 1. The van der Waals surface area contributed by atoms with Gasteiger partial charge in [-0.1, -0.05) is 56.5 Å². The van der Waals surface area contributed by atoms with Gasteiger partial charge in [-0.25, -0.2) is 9.78 Å². The molecular weight excluding hydrogens is 444 g/mol. The van der Waals surface area contributed by atoms with Crippen LogP contribution < -0.4 is 16.0 Å². The van der Waals surface area contributed by atoms with Crippen LogP contribution in [-0.4, -0.2) is 36.5 Å². The number of aromatic nitrogens is 4. The van der Waals surface area contributed by atoms with Crippen LogP contribution in [0.15, 0.2) is 58.4 Å². The highest BCUT2D eigenvalue weighted by Crippen LogP contribution is 2.31. The smallest absolute Gasteiger partial charge is 0.332 e. The first kappa shape index (κ1) is 23.4. The molecule has 8 heteroatoms. The molecule has 0 bridgehead atoms. The molecule has 1 N–H and O–H groups in total. The van der Waals surface area contributed by atoms with Crippen LogP contribution in [0.1, 0.15) is 51.5 Å². The van der Waals surface area contributed by atoms with Gasteiger partial charge in [0, 0.05) is 12.6 Å². The van der Waals surface area contributed by atoms with Crippen LogP contribution in [0, 0.1) is 0 Å². The van der Waals surface area contributed by atoms with Crippen molar-refractivity contribution in [3.63, 3.8) is 0 Å². The fraction of sp³-hybridized carbons (Fsp3) is 0.444. The van der Waals surface area contributed by atoms with Gasteiger partial charge in [0.25, 0.3) is 5.56 Å². The molecule has 1 fully saturated rings. The number of aliphatic hydroxyl groups is 1. The number of aryl methyl sites for hydroxylation is 1. The molecule has 1 atom stereocenters. The lowest BCUT2D eigenvalue weighted by Crippen LogP contribution is -2.44. The molecule has 1 aliphatic carbocycles. The summed E-state index contributed by atoms with van der Waals surface area (Å²) in [7, 11) is 0. The normalized spacial score (nSPS) is 15.3. The summed E-state index contributed by atoms with van der Waals surface area (Å²) in [6, 6.07) is 13.9. The minimum Gasteiger partial charge on any atom is -0.491 e. The summed E-state index contributed by atoms with van der Waals surface area (Å²) >= 11 is 0. The molecule has 1 saturated carbocycles. The van der Waals surface area contributed by atoms with E-state index in [2.05, 4.69) is 11.9 Å². The van der Waals surface area contributed by atoms with Gasteiger partial charge in [0.15, 0.2) is 11.2 Å². The van der Waals surface area contributed by atoms with Gasteiger partial charge in [-0.05, 0) is 42.2 Å². The van der Waals surface area contributed by atoms with E-state index >= 15 is 0 Å². The molecule has 0 aliphatic heterocycles. The highest BCUT2D eigenvalue weighted by molar-refractivity contribution is 5.83. The van der Waals surface area contributed by atoms with Crippen molar-refractivity contribution >= 4 is 21.9 Å². The SMILES string of the molecule is CCCCn1c(=O)n(CC(O)COc2ccc3ccccc3c2)c(=O)c2c1ncn2C1CCCC1. The van der Waals surface area contributed by atoms with E-state index in [4.69, 9.17) is 4.74 Å². The predicted molar refractivity (Wildman–Crippen MR) is 136 cm³/mol. The van der Waals surface area contributed by atoms with E-state index in [0.29, 0.717) is 23.5 Å². The molecule has 0 saturated heterocycles. The molecule has 2 heterocycles. The predicted octanol–water partition coefficient (Wildman–Crippen LogP) is 3.87. The monoisotopic (exact) mass is 476 g/mol. The van der Waals surface area contributed by atoms with Crippen LogP contribution in [0.3, 0.4) is 0 Å². The second kappa shape index (κ2) is 10.1. The van der Waals surface area contributed by atoms with Gasteiger partial charge in [-0.15, -0.1) is 0 Å². The Morgan fingerprint density at radius 3 is 2.63 bits per heavy atom. The lowest BCUT2D eigenvalue weighted by atomic mass is 10.1. The van der Waals surface area contributed by atoms with E-state index in [-0.39, 0.29) is 19.2 Å². The molecule has 184 valence electrons. The van der Waals surface area contributed by atoms with E-state index in [1.165, 1.54) is 0 Å². The Kier molecular flexibility index (Phi) is 6.72. The second-order valence-corrected chi connectivity index (χ2v) is 9.44. The first-order valence-electron chi connectivity index (χ1n) is 12.6. The fourth-order valence-corrected chi connectivity index (χ4v) is 5.06. The van der Waals surface area contributed by atoms with Crippen molar-refractivity contribution in [1.29, 1.82) is 0 Å². The Labute approximate surface area is 203 Å². The zero-order chi connectivity index (χ0) is 24.4. The molecule has 2 aromatic heterocycles. The van der Waals surface area contributed by atoms with Gasteiger partial charge in [0.05, 0.1) is 12.9 Å². The quantitative estimate of drug-likeness (QED) is 0.396. The Balaban J connectivity index is 1.43. The minimum atomic E-state index is -1.02. The van der Waals surface area contributed by atoms with E-state index < -0.39 is 17.4 Å². The van der Waals surface area contributed by atoms with Crippen molar-refractivity contribution in [2.45, 2.75) is 70.7 Å². The van der Waals surface area contributed by atoms with Crippen LogP contribution in [0.5, 0.6) is 5.75 Å². The number of hydrogen-bond acceptors (Lipinski definition) is 5. The van der Waals surface area contributed by atoms with Crippen LogP contribution in [0.2, 0.25) is 0 Å². The van der Waals surface area contributed by atoms with E-state index in [1.54, 1.807) is 10.9 Å². The number of nitrogens with zero attached hydrogens (tertiary/aromatic N) is 4. The average Bonchev–Trinajstić information content (AvgIpc) is 3.55. The summed E-state index contributed by atoms with van der Waals surface area (Å²) in [6.45, 7) is 2.38. The number of benzene rings is 2. The van der Waals surface area contributed by atoms with Crippen LogP contribution in [0.25, 0.3) is 21.9 Å². The summed E-state index contributed by atoms with van der Waals surface area (Å²) in [5, 5.41) is 12.9. The van der Waals surface area contributed by atoms with Crippen molar-refractivity contribution in [3.8, 4) is 5.75 Å². The zero-order valence-corrected chi connectivity index (χ0v) is 20.1. The molecular formula is C27H32N4O4. The fourth-order valence-electron chi connectivity index (χ4n) is 5.06. The van der Waals surface area contributed by atoms with Gasteiger partial charge in [0.2, 0.25) is 0 Å². The largest absolute Gasteiger partial charge is 0.491 e. The standard InChI is InChI=1S/C27H32N4O4/c1-2-3-14-29-25-24(31(18-28-25)21-10-6-7-11-21)26(33)30(27(29)34)16-22(32)17-35-23-13-12-19-8-4-5-9-20(19)15-23/h4-5,8-9,12-13,15,18,21-22,32H,2-3,6-7,10-11,14,16-17H2,1H3. The van der Waals surface area contributed by atoms with Crippen LogP contribution in [0.4, 0.5) is 0 Å². The second-order valence-electron chi connectivity index (χ2n) is 9.44. The Morgan fingerprint density at radius 1 is 1.09 bits per heavy atom. The molecule has 0 amide bonds. The number of imidazole rings is 1. The van der Waals surface area contributed by atoms with Gasteiger partial charge >= 0.3 is 5.69 Å². The molecule has 5 rings (SSSR count). The number of hydrogen-bond donors (Lipinski definition) is 1. The molecule has 35 heavy (non-hydrogen) atoms. The topological polar surface area (TPSA) is 91.3 Å². The molecule has 1 unspecified atom stereocenters. The highest BCUT2D eigenvalue weighted by atomic mass is 16.5. The first-order chi connectivity index (χ1) is 17.1. The van der Waals surface area contributed by atoms with Crippen molar-refractivity contribution in [3.05, 3.63) is 69.6 Å². The van der Waals surface area contributed by atoms with E-state index in [9.17, 15) is 14.7 Å². The van der Waals surface area contributed by atoms with E-state index in [1.807, 2.05) is 47.0 Å². The maximum absolute atomic E-state index is 13.5. The zero-order valence-electron chi connectivity index (χ0n) is 20.1. The number of fused-ring (bicyclic) bond motifs is 2. The first-order valence-corrected chi connectivity index (χ1v) is 12.6. The summed E-state index contributed by atoms with van der Waals surface area (Å²) in [4.78, 5) is 31.3. The number of rotatable bonds is 9. The number of aliphatic hydroxyl groups excluding tert-OH is 1. The van der Waals surface area contributed by atoms with Gasteiger partial charge in [0.1, 0.15) is 18.5 Å². The third kappa shape index (κ3) is 4.62. The maximum Gasteiger partial charge on any atom is 0.332 e. The van der Waals surface area contributed by atoms with Gasteiger partial charge in [-0.2, -0.15) is 0 Å². The van der Waals surface area contributed by atoms with Crippen molar-refractivity contribution in [2.75, 3.05) is 6.61 Å². The molecule has 8 nitrogen and oxygen atoms in total. The Bertz CT molecular complexity index is 1450. The van der Waals surface area contributed by atoms with Crippen molar-refractivity contribution in [2.24, 2.45) is 0 Å². The highest BCUT2D eigenvalue weighted by Gasteiger charge is 2.24. The number of unbranched alkanes of at least 4 members (excludes halogenated alkanes) is 1. The van der Waals surface area contributed by atoms with Crippen molar-refractivity contribution < 1.29 is 9.84 Å². The minimum absolute atomic E-state index is 0.0287. The van der Waals surface area contributed by atoms with Crippen molar-refractivity contribution in [1.82, 2.24) is 18.7 Å². The van der Waals surface area contributed by atoms with Crippen LogP contribution >= 0.6 is 0 Å². The van der Waals surface area contributed by atoms with E-state index in [0.717, 1.165) is 53.9 Å². The summed E-state index contributed by atoms with van der Waals surface area (Å²) in [5.74, 6) is 0.630. The molecule has 0 radical (unpaired) electrons. The lowest BCUT2D eigenvalue weighted by molar-refractivity contribution is 0.0902. The van der Waals surface area contributed by atoms with Crippen LogP contribution in [-0.2, 0) is 13.1 Å². The molecule has 0 spiro atoms. The third-order valence-electron chi connectivity index (χ3n) is 6.95. The van der Waals surface area contributed by atoms with Gasteiger partial charge < -0.3 is 14.4 Å². The average molecular weight is 477 g/mol. The Hall–Kier alpha value is -3.39. The summed E-state index contributed by atoms with van der Waals surface area (Å²) in [6.07, 6.45) is 6.65. The third-order valence-corrected chi connectivity index (χ3v) is 6.95. The molecule has 2 aromatic carbocycles. The Morgan fingerprint density at radius 2 is 1.86 bits per heavy atom. The summed E-state index contributed by atoms with van der Waals surface area (Å²) < 4.78 is 10.5. The molecule has 4 aromatic rings. The maximum atomic E-state index is 13.5. The molecule has 1 aliphatic rings. The lowest BCUT2D eigenvalue weighted by Gasteiger charge is -2.17. The summed E-state index contributed by atoms with van der Waals surface area (Å²) in [5.41, 5.74) is 0.0676. The van der Waals surface area contributed by atoms with Gasteiger partial charge in [-0.3, -0.25) is 13.9 Å².